The number of halogens is 1. The topological polar surface area (TPSA) is 67.2 Å². The molecule has 6 nitrogen and oxygen atoms in total. The molecule has 1 aromatic carbocycles. The highest BCUT2D eigenvalue weighted by molar-refractivity contribution is 7.89. The normalized spacial score (nSPS) is 19.5. The van der Waals surface area contributed by atoms with Crippen molar-refractivity contribution in [3.63, 3.8) is 0 Å². The first-order valence-electron chi connectivity index (χ1n) is 8.31. The van der Waals surface area contributed by atoms with E-state index in [1.54, 1.807) is 18.3 Å². The summed E-state index contributed by atoms with van der Waals surface area (Å²) in [6.45, 7) is 5.55. The molecule has 0 bridgehead atoms. The van der Waals surface area contributed by atoms with Crippen LogP contribution in [0, 0.1) is 0 Å². The zero-order valence-corrected chi connectivity index (χ0v) is 16.2. The van der Waals surface area contributed by atoms with Gasteiger partial charge in [0, 0.05) is 39.1 Å². The number of benzene rings is 1. The Kier molecular flexibility index (Phi) is 5.20. The fourth-order valence-corrected chi connectivity index (χ4v) is 5.19. The van der Waals surface area contributed by atoms with Gasteiger partial charge in [-0.25, -0.2) is 13.4 Å². The first-order chi connectivity index (χ1) is 11.8. The summed E-state index contributed by atoms with van der Waals surface area (Å²) in [6.07, 6.45) is 3.50. The number of nitrogens with zero attached hydrogens (tertiary/aromatic N) is 3. The third kappa shape index (κ3) is 3.46. The van der Waals surface area contributed by atoms with Crippen LogP contribution >= 0.6 is 11.6 Å². The van der Waals surface area contributed by atoms with E-state index >= 15 is 0 Å². The molecular formula is C17H23ClN4O2S. The lowest BCUT2D eigenvalue weighted by molar-refractivity contribution is 0.258. The van der Waals surface area contributed by atoms with E-state index in [1.807, 2.05) is 37.7 Å². The SMILES string of the molecule is CC(C)c1ccc(Cl)c(S(=O)(=O)N2CCNCC2c2nccn2C)c1. The molecule has 1 N–H and O–H groups in total. The van der Waals surface area contributed by atoms with Crippen molar-refractivity contribution in [1.29, 1.82) is 0 Å². The van der Waals surface area contributed by atoms with Crippen LogP contribution in [0.2, 0.25) is 5.02 Å². The van der Waals surface area contributed by atoms with Gasteiger partial charge in [0.1, 0.15) is 10.7 Å². The molecule has 0 spiro atoms. The molecule has 1 aliphatic rings. The van der Waals surface area contributed by atoms with E-state index in [-0.39, 0.29) is 21.9 Å². The number of imidazole rings is 1. The van der Waals surface area contributed by atoms with Crippen LogP contribution in [0.5, 0.6) is 0 Å². The first kappa shape index (κ1) is 18.4. The van der Waals surface area contributed by atoms with E-state index in [4.69, 9.17) is 11.6 Å². The molecule has 1 saturated heterocycles. The largest absolute Gasteiger partial charge is 0.337 e. The highest BCUT2D eigenvalue weighted by Gasteiger charge is 2.37. The van der Waals surface area contributed by atoms with E-state index < -0.39 is 10.0 Å². The summed E-state index contributed by atoms with van der Waals surface area (Å²) in [6, 6.07) is 4.87. The van der Waals surface area contributed by atoms with Gasteiger partial charge in [0.25, 0.3) is 0 Å². The molecule has 1 aliphatic heterocycles. The summed E-state index contributed by atoms with van der Waals surface area (Å²) in [4.78, 5) is 4.52. The smallest absolute Gasteiger partial charge is 0.245 e. The number of aromatic nitrogens is 2. The summed E-state index contributed by atoms with van der Waals surface area (Å²) in [5, 5.41) is 3.51. The Morgan fingerprint density at radius 2 is 2.12 bits per heavy atom. The molecule has 25 heavy (non-hydrogen) atoms. The second-order valence-electron chi connectivity index (χ2n) is 6.58. The van der Waals surface area contributed by atoms with Crippen LogP contribution in [-0.2, 0) is 17.1 Å². The van der Waals surface area contributed by atoms with Crippen molar-refractivity contribution in [3.8, 4) is 0 Å². The van der Waals surface area contributed by atoms with Crippen LogP contribution in [0.15, 0.2) is 35.5 Å². The van der Waals surface area contributed by atoms with E-state index in [9.17, 15) is 8.42 Å². The van der Waals surface area contributed by atoms with Crippen LogP contribution in [0.3, 0.4) is 0 Å². The monoisotopic (exact) mass is 382 g/mol. The van der Waals surface area contributed by atoms with Gasteiger partial charge in [-0.2, -0.15) is 4.31 Å². The van der Waals surface area contributed by atoms with Crippen LogP contribution < -0.4 is 5.32 Å². The Labute approximate surface area is 153 Å². The lowest BCUT2D eigenvalue weighted by Gasteiger charge is -2.35. The summed E-state index contributed by atoms with van der Waals surface area (Å²) in [7, 11) is -1.86. The number of sulfonamides is 1. The molecule has 136 valence electrons. The summed E-state index contributed by atoms with van der Waals surface area (Å²) in [5.74, 6) is 0.937. The molecule has 8 heteroatoms. The quantitative estimate of drug-likeness (QED) is 0.882. The Morgan fingerprint density at radius 3 is 2.76 bits per heavy atom. The number of hydrogen-bond acceptors (Lipinski definition) is 4. The number of nitrogens with one attached hydrogen (secondary N) is 1. The molecule has 1 fully saturated rings. The van der Waals surface area contributed by atoms with Crippen LogP contribution in [0.25, 0.3) is 0 Å². The summed E-state index contributed by atoms with van der Waals surface area (Å²) >= 11 is 6.27. The van der Waals surface area contributed by atoms with Gasteiger partial charge >= 0.3 is 0 Å². The predicted octanol–water partition coefficient (Wildman–Crippen LogP) is 2.53. The summed E-state index contributed by atoms with van der Waals surface area (Å²) < 4.78 is 30.1. The Balaban J connectivity index is 2.06. The highest BCUT2D eigenvalue weighted by atomic mass is 35.5. The van der Waals surface area contributed by atoms with E-state index in [0.29, 0.717) is 25.5 Å². The average molecular weight is 383 g/mol. The zero-order valence-electron chi connectivity index (χ0n) is 14.6. The first-order valence-corrected chi connectivity index (χ1v) is 10.1. The molecule has 2 aromatic rings. The fourth-order valence-electron chi connectivity index (χ4n) is 3.09. The third-order valence-electron chi connectivity index (χ3n) is 4.56. The summed E-state index contributed by atoms with van der Waals surface area (Å²) in [5.41, 5.74) is 0.951. The van der Waals surface area contributed by atoms with Crippen molar-refractivity contribution >= 4 is 21.6 Å². The van der Waals surface area contributed by atoms with Crippen molar-refractivity contribution < 1.29 is 8.42 Å². The molecule has 1 aromatic heterocycles. The van der Waals surface area contributed by atoms with Gasteiger partial charge in [-0.15, -0.1) is 0 Å². The van der Waals surface area contributed by atoms with Crippen molar-refractivity contribution in [2.75, 3.05) is 19.6 Å². The molecule has 0 amide bonds. The van der Waals surface area contributed by atoms with Crippen LogP contribution in [0.4, 0.5) is 0 Å². The zero-order chi connectivity index (χ0) is 18.2. The molecule has 0 aliphatic carbocycles. The molecule has 3 rings (SSSR count). The highest BCUT2D eigenvalue weighted by Crippen LogP contribution is 2.33. The second kappa shape index (κ2) is 7.07. The van der Waals surface area contributed by atoms with Gasteiger partial charge in [0.15, 0.2) is 0 Å². The number of rotatable bonds is 4. The van der Waals surface area contributed by atoms with E-state index in [0.717, 1.165) is 5.56 Å². The molecule has 2 heterocycles. The third-order valence-corrected chi connectivity index (χ3v) is 6.95. The van der Waals surface area contributed by atoms with Gasteiger partial charge in [-0.1, -0.05) is 31.5 Å². The van der Waals surface area contributed by atoms with Gasteiger partial charge in [0.2, 0.25) is 10.0 Å². The molecule has 1 unspecified atom stereocenters. The fraction of sp³-hybridized carbons (Fsp3) is 0.471. The number of hydrogen-bond donors (Lipinski definition) is 1. The maximum absolute atomic E-state index is 13.4. The maximum atomic E-state index is 13.4. The Morgan fingerprint density at radius 1 is 1.36 bits per heavy atom. The molecule has 0 saturated carbocycles. The standard InChI is InChI=1S/C17H23ClN4O2S/c1-12(2)13-4-5-14(18)16(10-13)25(23,24)22-9-6-19-11-15(22)17-20-7-8-21(17)3/h4-5,7-8,10,12,15,19H,6,9,11H2,1-3H3. The Bertz CT molecular complexity index is 863. The lowest BCUT2D eigenvalue weighted by Crippen LogP contribution is -2.49. The van der Waals surface area contributed by atoms with Crippen LogP contribution in [0.1, 0.15) is 37.2 Å². The predicted molar refractivity (Wildman–Crippen MR) is 98.3 cm³/mol. The minimum Gasteiger partial charge on any atom is -0.337 e. The van der Waals surface area contributed by atoms with Crippen molar-refractivity contribution in [1.82, 2.24) is 19.2 Å². The lowest BCUT2D eigenvalue weighted by atomic mass is 10.0. The minimum atomic E-state index is -3.73. The van der Waals surface area contributed by atoms with Gasteiger partial charge < -0.3 is 9.88 Å². The van der Waals surface area contributed by atoms with Gasteiger partial charge in [-0.05, 0) is 23.6 Å². The molecule has 0 radical (unpaired) electrons. The second-order valence-corrected chi connectivity index (χ2v) is 8.84. The van der Waals surface area contributed by atoms with Crippen molar-refractivity contribution in [3.05, 3.63) is 47.0 Å². The number of piperazine rings is 1. The van der Waals surface area contributed by atoms with E-state index in [1.165, 1.54) is 4.31 Å². The Hall–Kier alpha value is -1.41. The maximum Gasteiger partial charge on any atom is 0.245 e. The molecule has 1 atom stereocenters. The van der Waals surface area contributed by atoms with Gasteiger partial charge in [0.05, 0.1) is 11.1 Å². The number of aryl methyl sites for hydroxylation is 1. The average Bonchev–Trinajstić information content (AvgIpc) is 3.00. The van der Waals surface area contributed by atoms with Gasteiger partial charge in [-0.3, -0.25) is 0 Å². The minimum absolute atomic E-state index is 0.168. The van der Waals surface area contributed by atoms with Crippen molar-refractivity contribution in [2.24, 2.45) is 7.05 Å². The molecular weight excluding hydrogens is 360 g/mol. The van der Waals surface area contributed by atoms with E-state index in [2.05, 4.69) is 10.3 Å². The van der Waals surface area contributed by atoms with Crippen LogP contribution in [-0.4, -0.2) is 41.9 Å². The van der Waals surface area contributed by atoms with Crippen molar-refractivity contribution in [2.45, 2.75) is 30.7 Å².